The van der Waals surface area contributed by atoms with Gasteiger partial charge < -0.3 is 13.4 Å². The molecule has 0 bridgehead atoms. The molecule has 15 rings (SSSR count). The number of hydrogen-bond donors (Lipinski definition) is 0. The molecular weight excluding hydrogens is 917 g/mol. The van der Waals surface area contributed by atoms with Crippen molar-refractivity contribution in [3.8, 4) is 84.4 Å². The fraction of sp³-hybridized carbons (Fsp3) is 0. The lowest BCUT2D eigenvalue weighted by molar-refractivity contribution is 0.668. The summed E-state index contributed by atoms with van der Waals surface area (Å²) in [6, 6.07) is 89.3. The second-order valence-electron chi connectivity index (χ2n) is 19.1. The Hall–Kier alpha value is -10.2. The molecule has 0 amide bonds. The van der Waals surface area contributed by atoms with E-state index in [2.05, 4.69) is 199 Å². The van der Waals surface area contributed by atoms with Crippen LogP contribution in [-0.4, -0.2) is 19.5 Å². The fourth-order valence-corrected chi connectivity index (χ4v) is 11.0. The lowest BCUT2D eigenvalue weighted by atomic mass is 9.97. The highest BCUT2D eigenvalue weighted by Gasteiger charge is 2.19. The van der Waals surface area contributed by atoms with Gasteiger partial charge in [0.2, 0.25) is 0 Å². The highest BCUT2D eigenvalue weighted by molar-refractivity contribution is 6.13. The highest BCUT2D eigenvalue weighted by atomic mass is 16.3. The molecule has 4 aromatic heterocycles. The van der Waals surface area contributed by atoms with Gasteiger partial charge in [-0.15, -0.1) is 0 Å². The Morgan fingerprint density at radius 2 is 0.747 bits per heavy atom. The Morgan fingerprint density at radius 3 is 1.51 bits per heavy atom. The average Bonchev–Trinajstić information content (AvgIpc) is 4.17. The van der Waals surface area contributed by atoms with Gasteiger partial charge in [0.05, 0.1) is 11.0 Å². The minimum atomic E-state index is 0.606. The van der Waals surface area contributed by atoms with Gasteiger partial charge >= 0.3 is 0 Å². The Balaban J connectivity index is 0.752. The summed E-state index contributed by atoms with van der Waals surface area (Å²) in [6.45, 7) is 0. The molecule has 6 nitrogen and oxygen atoms in total. The van der Waals surface area contributed by atoms with Crippen molar-refractivity contribution in [2.75, 3.05) is 0 Å². The SMILES string of the molecule is c1ccc(-c2ccc3c(c2)c2ccccc2n3-c2ccc3c(c2)oc2ccc(-c4cccc(-c5ccc6c(c5)oc5c(-c7cccc(-c8nc(-c9ccccc9)nc(-c9ccccc9)n8)c7)cccc56)c4)cc23)cc1. The third-order valence-electron chi connectivity index (χ3n) is 14.7. The summed E-state index contributed by atoms with van der Waals surface area (Å²) >= 11 is 0. The Kier molecular flexibility index (Phi) is 9.78. The molecule has 0 radical (unpaired) electrons. The van der Waals surface area contributed by atoms with Gasteiger partial charge in [-0.2, -0.15) is 0 Å². The van der Waals surface area contributed by atoms with E-state index < -0.39 is 0 Å². The van der Waals surface area contributed by atoms with E-state index in [0.29, 0.717) is 17.5 Å². The highest BCUT2D eigenvalue weighted by Crippen LogP contribution is 2.41. The molecule has 0 saturated heterocycles. The Bertz CT molecular complexity index is 4650. The van der Waals surface area contributed by atoms with Crippen molar-refractivity contribution in [1.82, 2.24) is 19.5 Å². The molecule has 15 aromatic rings. The minimum absolute atomic E-state index is 0.606. The molecule has 4 heterocycles. The molecule has 6 heteroatoms. The van der Waals surface area contributed by atoms with Crippen molar-refractivity contribution < 1.29 is 8.83 Å². The lowest BCUT2D eigenvalue weighted by Gasteiger charge is -2.10. The number of furan rings is 2. The summed E-state index contributed by atoms with van der Waals surface area (Å²) in [5.74, 6) is 1.86. The van der Waals surface area contributed by atoms with Crippen LogP contribution in [0.2, 0.25) is 0 Å². The maximum absolute atomic E-state index is 6.84. The third-order valence-corrected chi connectivity index (χ3v) is 14.7. The van der Waals surface area contributed by atoms with Crippen LogP contribution in [0.25, 0.3) is 150 Å². The third kappa shape index (κ3) is 7.30. The van der Waals surface area contributed by atoms with E-state index in [-0.39, 0.29) is 0 Å². The van der Waals surface area contributed by atoms with E-state index >= 15 is 0 Å². The van der Waals surface area contributed by atoms with Crippen LogP contribution < -0.4 is 0 Å². The molecule has 0 aliphatic heterocycles. The molecule has 0 N–H and O–H groups in total. The molecule has 0 unspecified atom stereocenters. The van der Waals surface area contributed by atoms with Crippen molar-refractivity contribution in [2.45, 2.75) is 0 Å². The van der Waals surface area contributed by atoms with E-state index in [0.717, 1.165) is 111 Å². The summed E-state index contributed by atoms with van der Waals surface area (Å²) < 4.78 is 15.8. The van der Waals surface area contributed by atoms with Gasteiger partial charge in [0.15, 0.2) is 17.5 Å². The zero-order valence-corrected chi connectivity index (χ0v) is 40.4. The summed E-state index contributed by atoms with van der Waals surface area (Å²) in [5, 5.41) is 6.74. The topological polar surface area (TPSA) is 69.9 Å². The quantitative estimate of drug-likeness (QED) is 0.152. The number of nitrogens with zero attached hydrogens (tertiary/aromatic N) is 4. The Labute approximate surface area is 431 Å². The predicted octanol–water partition coefficient (Wildman–Crippen LogP) is 18.4. The monoisotopic (exact) mass is 958 g/mol. The predicted molar refractivity (Wildman–Crippen MR) is 307 cm³/mol. The first-order valence-electron chi connectivity index (χ1n) is 25.2. The van der Waals surface area contributed by atoms with Gasteiger partial charge in [-0.3, -0.25) is 0 Å². The zero-order chi connectivity index (χ0) is 49.4. The average molecular weight is 959 g/mol. The van der Waals surface area contributed by atoms with Crippen molar-refractivity contribution in [2.24, 2.45) is 0 Å². The molecule has 0 aliphatic carbocycles. The first-order valence-corrected chi connectivity index (χ1v) is 25.2. The van der Waals surface area contributed by atoms with Crippen LogP contribution in [0, 0.1) is 0 Å². The van der Waals surface area contributed by atoms with E-state index in [9.17, 15) is 0 Å². The van der Waals surface area contributed by atoms with Crippen molar-refractivity contribution >= 4 is 65.7 Å². The van der Waals surface area contributed by atoms with Gasteiger partial charge in [0.25, 0.3) is 0 Å². The van der Waals surface area contributed by atoms with Crippen molar-refractivity contribution in [3.63, 3.8) is 0 Å². The van der Waals surface area contributed by atoms with Gasteiger partial charge in [-0.1, -0.05) is 182 Å². The minimum Gasteiger partial charge on any atom is -0.456 e. The lowest BCUT2D eigenvalue weighted by Crippen LogP contribution is -2.00. The molecule has 350 valence electrons. The number of benzene rings is 11. The van der Waals surface area contributed by atoms with Crippen LogP contribution in [0.3, 0.4) is 0 Å². The molecule has 0 saturated carbocycles. The molecule has 11 aromatic carbocycles. The van der Waals surface area contributed by atoms with Crippen LogP contribution in [-0.2, 0) is 0 Å². The standard InChI is InChI=1S/C69H42N4O2/c1-4-15-43(16-5-1)48-30-35-62-59(39-48)55-25-10-11-28-61(55)73(62)53-32-34-57-60-40-49(31-36-63(60)74-65(57)42-53)46-21-12-22-47(37-46)50-29-33-56-58-27-14-26-54(66(58)75-64(56)41-50)51-23-13-24-52(38-51)69-71-67(44-17-6-2-7-18-44)70-68(72-69)45-19-8-3-9-20-45/h1-42H. The van der Waals surface area contributed by atoms with Gasteiger partial charge in [-0.25, -0.2) is 15.0 Å². The van der Waals surface area contributed by atoms with Crippen molar-refractivity contribution in [1.29, 1.82) is 0 Å². The second kappa shape index (κ2) is 17.3. The summed E-state index contributed by atoms with van der Waals surface area (Å²) in [5.41, 5.74) is 18.4. The van der Waals surface area contributed by atoms with Crippen LogP contribution in [0.5, 0.6) is 0 Å². The molecule has 75 heavy (non-hydrogen) atoms. The smallest absolute Gasteiger partial charge is 0.164 e. The van der Waals surface area contributed by atoms with Crippen LogP contribution in [0.4, 0.5) is 0 Å². The second-order valence-corrected chi connectivity index (χ2v) is 19.1. The first-order chi connectivity index (χ1) is 37.1. The molecular formula is C69H42N4O2. The normalized spacial score (nSPS) is 11.7. The number of para-hydroxylation sites is 2. The zero-order valence-electron chi connectivity index (χ0n) is 40.4. The maximum atomic E-state index is 6.84. The molecule has 0 atom stereocenters. The van der Waals surface area contributed by atoms with Crippen LogP contribution >= 0.6 is 0 Å². The molecule has 0 spiro atoms. The number of aromatic nitrogens is 4. The molecule has 0 aliphatic rings. The van der Waals surface area contributed by atoms with Crippen LogP contribution in [0.15, 0.2) is 264 Å². The van der Waals surface area contributed by atoms with E-state index in [1.54, 1.807) is 0 Å². The number of rotatable bonds is 8. The first kappa shape index (κ1) is 42.5. The Morgan fingerprint density at radius 1 is 0.253 bits per heavy atom. The molecule has 0 fully saturated rings. The van der Waals surface area contributed by atoms with E-state index in [4.69, 9.17) is 23.8 Å². The largest absolute Gasteiger partial charge is 0.456 e. The summed E-state index contributed by atoms with van der Waals surface area (Å²) in [7, 11) is 0. The van der Waals surface area contributed by atoms with Gasteiger partial charge in [0, 0.05) is 66.3 Å². The van der Waals surface area contributed by atoms with Gasteiger partial charge in [0.1, 0.15) is 22.3 Å². The van der Waals surface area contributed by atoms with Crippen molar-refractivity contribution in [3.05, 3.63) is 255 Å². The summed E-state index contributed by atoms with van der Waals surface area (Å²) in [6.07, 6.45) is 0. The summed E-state index contributed by atoms with van der Waals surface area (Å²) in [4.78, 5) is 14.9. The van der Waals surface area contributed by atoms with E-state index in [1.165, 1.54) is 21.9 Å². The fourth-order valence-electron chi connectivity index (χ4n) is 11.0. The maximum Gasteiger partial charge on any atom is 0.164 e. The number of fused-ring (bicyclic) bond motifs is 9. The van der Waals surface area contributed by atoms with Gasteiger partial charge in [-0.05, 0) is 106 Å². The van der Waals surface area contributed by atoms with Crippen LogP contribution in [0.1, 0.15) is 0 Å². The van der Waals surface area contributed by atoms with E-state index in [1.807, 2.05) is 60.7 Å². The number of hydrogen-bond acceptors (Lipinski definition) is 5.